The zero-order valence-corrected chi connectivity index (χ0v) is 20.1. The summed E-state index contributed by atoms with van der Waals surface area (Å²) in [5.74, 6) is 0.884. The molecule has 1 aliphatic carbocycles. The maximum atomic E-state index is 6.27. The summed E-state index contributed by atoms with van der Waals surface area (Å²) in [4.78, 5) is 1.14. The first-order valence-electron chi connectivity index (χ1n) is 11.5. The quantitative estimate of drug-likeness (QED) is 0.171. The highest BCUT2D eigenvalue weighted by Gasteiger charge is 2.35. The highest BCUT2D eigenvalue weighted by atomic mass is 32.2. The second kappa shape index (κ2) is 7.40. The maximum Gasteiger partial charge on any atom is 0.0452 e. The van der Waals surface area contributed by atoms with Crippen LogP contribution >= 0.6 is 11.8 Å². The van der Waals surface area contributed by atoms with Gasteiger partial charge < -0.3 is 5.73 Å². The van der Waals surface area contributed by atoms with Gasteiger partial charge in [0, 0.05) is 21.8 Å². The molecule has 162 valence electrons. The fraction of sp³-hybridized carbons (Fsp3) is 0.161. The van der Waals surface area contributed by atoms with E-state index in [2.05, 4.69) is 93.6 Å². The summed E-state index contributed by atoms with van der Waals surface area (Å²) in [6.07, 6.45) is 0. The summed E-state index contributed by atoms with van der Waals surface area (Å²) in [6, 6.07) is 30.8. The molecule has 2 heteroatoms. The highest BCUT2D eigenvalue weighted by molar-refractivity contribution is 7.98. The Kier molecular flexibility index (Phi) is 4.57. The van der Waals surface area contributed by atoms with Crippen LogP contribution in [-0.2, 0) is 11.2 Å². The van der Waals surface area contributed by atoms with Crippen LogP contribution in [0.3, 0.4) is 0 Å². The monoisotopic (exact) mass is 445 g/mol. The van der Waals surface area contributed by atoms with Crippen molar-refractivity contribution in [1.29, 1.82) is 0 Å². The maximum absolute atomic E-state index is 6.27. The van der Waals surface area contributed by atoms with Crippen molar-refractivity contribution < 1.29 is 0 Å². The second-order valence-corrected chi connectivity index (χ2v) is 10.6. The van der Waals surface area contributed by atoms with Crippen LogP contribution in [0.15, 0.2) is 89.8 Å². The number of thioether (sulfide) groups is 1. The number of para-hydroxylation sites is 1. The fourth-order valence-electron chi connectivity index (χ4n) is 5.59. The molecule has 0 radical (unpaired) electrons. The van der Waals surface area contributed by atoms with Gasteiger partial charge in [-0.1, -0.05) is 74.5 Å². The number of anilines is 1. The molecule has 0 aliphatic heterocycles. The molecule has 33 heavy (non-hydrogen) atoms. The van der Waals surface area contributed by atoms with Gasteiger partial charge in [0.1, 0.15) is 0 Å². The van der Waals surface area contributed by atoms with Crippen molar-refractivity contribution in [3.8, 4) is 11.1 Å². The van der Waals surface area contributed by atoms with Gasteiger partial charge in [0.25, 0.3) is 0 Å². The van der Waals surface area contributed by atoms with Gasteiger partial charge in [-0.3, -0.25) is 0 Å². The molecule has 0 heterocycles. The van der Waals surface area contributed by atoms with E-state index in [1.54, 1.807) is 0 Å². The van der Waals surface area contributed by atoms with Crippen LogP contribution in [-0.4, -0.2) is 0 Å². The summed E-state index contributed by atoms with van der Waals surface area (Å²) in [5.41, 5.74) is 15.5. The van der Waals surface area contributed by atoms with Crippen LogP contribution < -0.4 is 5.73 Å². The van der Waals surface area contributed by atoms with Gasteiger partial charge in [0.2, 0.25) is 0 Å². The van der Waals surface area contributed by atoms with E-state index in [0.717, 1.165) is 16.3 Å². The standard InChI is InChI=1S/C31H27NS/c1-19-20-10-4-5-11-21(20)26(18-33-30-15-9-8-14-29(30)32)24-16-25-22-12-6-7-13-27(22)31(2,3)28(25)17-23(19)24/h4-17H,18,32H2,1-3H3. The van der Waals surface area contributed by atoms with Gasteiger partial charge >= 0.3 is 0 Å². The molecule has 0 amide bonds. The van der Waals surface area contributed by atoms with Crippen molar-refractivity contribution in [2.45, 2.75) is 36.8 Å². The van der Waals surface area contributed by atoms with E-state index in [0.29, 0.717) is 0 Å². The predicted octanol–water partition coefficient (Wildman–Crippen LogP) is 8.48. The van der Waals surface area contributed by atoms with E-state index in [4.69, 9.17) is 5.73 Å². The summed E-state index contributed by atoms with van der Waals surface area (Å²) >= 11 is 1.83. The fourth-order valence-corrected chi connectivity index (χ4v) is 6.61. The van der Waals surface area contributed by atoms with Crippen LogP contribution in [0.4, 0.5) is 5.69 Å². The molecule has 1 aliphatic rings. The van der Waals surface area contributed by atoms with Gasteiger partial charge in [-0.2, -0.15) is 0 Å². The van der Waals surface area contributed by atoms with E-state index in [1.807, 2.05) is 23.9 Å². The summed E-state index contributed by atoms with van der Waals surface area (Å²) in [7, 11) is 0. The lowest BCUT2D eigenvalue weighted by Crippen LogP contribution is -2.14. The molecule has 0 saturated heterocycles. The van der Waals surface area contributed by atoms with Gasteiger partial charge in [0.05, 0.1) is 0 Å². The minimum atomic E-state index is 0.00556. The number of benzene rings is 5. The van der Waals surface area contributed by atoms with Crippen LogP contribution in [0.5, 0.6) is 0 Å². The molecule has 0 bridgehead atoms. The molecule has 2 N–H and O–H groups in total. The highest BCUT2D eigenvalue weighted by Crippen LogP contribution is 2.51. The molecule has 5 aromatic rings. The summed E-state index contributed by atoms with van der Waals surface area (Å²) in [6.45, 7) is 6.99. The number of hydrogen-bond acceptors (Lipinski definition) is 2. The Morgan fingerprint density at radius 1 is 0.697 bits per heavy atom. The Bertz CT molecular complexity index is 1560. The van der Waals surface area contributed by atoms with Crippen molar-refractivity contribution in [2.75, 3.05) is 5.73 Å². The lowest BCUT2D eigenvalue weighted by Gasteiger charge is -2.23. The Morgan fingerprint density at radius 3 is 2.21 bits per heavy atom. The topological polar surface area (TPSA) is 26.0 Å². The SMILES string of the molecule is Cc1c2ccccc2c(CSc2ccccc2N)c2cc3c(cc12)C(C)(C)c1ccccc1-3. The van der Waals surface area contributed by atoms with Crippen molar-refractivity contribution >= 4 is 39.0 Å². The Balaban J connectivity index is 1.64. The van der Waals surface area contributed by atoms with E-state index >= 15 is 0 Å². The molecule has 0 aromatic heterocycles. The van der Waals surface area contributed by atoms with Crippen LogP contribution in [0, 0.1) is 6.92 Å². The lowest BCUT2D eigenvalue weighted by molar-refractivity contribution is 0.661. The third-order valence-corrected chi connectivity index (χ3v) is 8.51. The largest absolute Gasteiger partial charge is 0.398 e. The van der Waals surface area contributed by atoms with Crippen molar-refractivity contribution in [1.82, 2.24) is 0 Å². The van der Waals surface area contributed by atoms with Crippen molar-refractivity contribution in [3.05, 3.63) is 107 Å². The van der Waals surface area contributed by atoms with E-state index in [1.165, 1.54) is 54.9 Å². The minimum Gasteiger partial charge on any atom is -0.398 e. The van der Waals surface area contributed by atoms with Crippen molar-refractivity contribution in [2.24, 2.45) is 0 Å². The first-order valence-corrected chi connectivity index (χ1v) is 12.5. The van der Waals surface area contributed by atoms with Gasteiger partial charge in [-0.25, -0.2) is 0 Å². The second-order valence-electron chi connectivity index (χ2n) is 9.59. The molecule has 0 unspecified atom stereocenters. The molecular weight excluding hydrogens is 418 g/mol. The first kappa shape index (κ1) is 20.4. The smallest absolute Gasteiger partial charge is 0.0452 e. The Hall–Kier alpha value is -3.23. The third-order valence-electron chi connectivity index (χ3n) is 7.40. The molecule has 0 spiro atoms. The Labute approximate surface area is 199 Å². The number of fused-ring (bicyclic) bond motifs is 5. The zero-order chi connectivity index (χ0) is 22.7. The average Bonchev–Trinajstić information content (AvgIpc) is 3.06. The Morgan fingerprint density at radius 2 is 1.39 bits per heavy atom. The van der Waals surface area contributed by atoms with Gasteiger partial charge in [-0.15, -0.1) is 11.8 Å². The van der Waals surface area contributed by atoms with Gasteiger partial charge in [0.15, 0.2) is 0 Å². The average molecular weight is 446 g/mol. The normalized spacial score (nSPS) is 13.9. The molecule has 6 rings (SSSR count). The van der Waals surface area contributed by atoms with E-state index in [-0.39, 0.29) is 5.41 Å². The molecular formula is C31H27NS. The van der Waals surface area contributed by atoms with Crippen LogP contribution in [0.25, 0.3) is 32.7 Å². The predicted molar refractivity (Wildman–Crippen MR) is 144 cm³/mol. The molecule has 0 saturated carbocycles. The molecule has 0 fully saturated rings. The number of nitrogens with two attached hydrogens (primary N) is 1. The third kappa shape index (κ3) is 3.01. The molecule has 5 aromatic carbocycles. The number of rotatable bonds is 3. The summed E-state index contributed by atoms with van der Waals surface area (Å²) in [5, 5.41) is 5.41. The first-order chi connectivity index (χ1) is 16.0. The van der Waals surface area contributed by atoms with E-state index < -0.39 is 0 Å². The van der Waals surface area contributed by atoms with Gasteiger partial charge in [-0.05, 0) is 86.1 Å². The number of hydrogen-bond donors (Lipinski definition) is 1. The minimum absolute atomic E-state index is 0.00556. The summed E-state index contributed by atoms with van der Waals surface area (Å²) < 4.78 is 0. The van der Waals surface area contributed by atoms with E-state index in [9.17, 15) is 0 Å². The molecule has 1 nitrogen and oxygen atoms in total. The van der Waals surface area contributed by atoms with Crippen molar-refractivity contribution in [3.63, 3.8) is 0 Å². The van der Waals surface area contributed by atoms with Crippen LogP contribution in [0.1, 0.15) is 36.1 Å². The number of nitrogen functional groups attached to an aromatic ring is 1. The lowest BCUT2D eigenvalue weighted by atomic mass is 9.81. The number of aryl methyl sites for hydroxylation is 1. The van der Waals surface area contributed by atoms with Crippen LogP contribution in [0.2, 0.25) is 0 Å². The molecule has 0 atom stereocenters. The zero-order valence-electron chi connectivity index (χ0n) is 19.3.